The van der Waals surface area contributed by atoms with Crippen LogP contribution in [0.2, 0.25) is 0 Å². The second-order valence-electron chi connectivity index (χ2n) is 5.40. The first-order valence-electron chi connectivity index (χ1n) is 7.28. The zero-order valence-corrected chi connectivity index (χ0v) is 12.5. The summed E-state index contributed by atoms with van der Waals surface area (Å²) in [7, 11) is 0. The average Bonchev–Trinajstić information content (AvgIpc) is 2.98. The van der Waals surface area contributed by atoms with Crippen LogP contribution >= 0.6 is 0 Å². The number of carbonyl (C=O) groups is 1. The lowest BCUT2D eigenvalue weighted by Gasteiger charge is -2.05. The van der Waals surface area contributed by atoms with Gasteiger partial charge >= 0.3 is 5.97 Å². The van der Waals surface area contributed by atoms with Gasteiger partial charge in [-0.25, -0.2) is 14.8 Å². The Bertz CT molecular complexity index is 1130. The zero-order valence-electron chi connectivity index (χ0n) is 12.5. The van der Waals surface area contributed by atoms with Gasteiger partial charge in [0.15, 0.2) is 11.2 Å². The molecule has 0 aliphatic heterocycles. The van der Waals surface area contributed by atoms with E-state index in [1.54, 1.807) is 10.9 Å². The van der Waals surface area contributed by atoms with Crippen LogP contribution in [0.25, 0.3) is 16.8 Å². The van der Waals surface area contributed by atoms with E-state index in [0.29, 0.717) is 12.2 Å². The van der Waals surface area contributed by atoms with Crippen molar-refractivity contribution in [2.75, 3.05) is 0 Å². The highest BCUT2D eigenvalue weighted by atomic mass is 16.4. The molecule has 0 bridgehead atoms. The number of benzene rings is 1. The number of fused-ring (bicyclic) bond motifs is 2. The number of nitrogens with zero attached hydrogens (tertiary/aromatic N) is 4. The van der Waals surface area contributed by atoms with E-state index < -0.39 is 5.97 Å². The maximum Gasteiger partial charge on any atom is 0.335 e. The molecule has 0 aliphatic carbocycles. The Morgan fingerprint density at radius 3 is 2.71 bits per heavy atom. The van der Waals surface area contributed by atoms with E-state index in [2.05, 4.69) is 9.97 Å². The fraction of sp³-hybridized carbons (Fsp3) is 0.0588. The smallest absolute Gasteiger partial charge is 0.335 e. The van der Waals surface area contributed by atoms with Crippen LogP contribution in [0.5, 0.6) is 0 Å². The highest BCUT2D eigenvalue weighted by Crippen LogP contribution is 2.12. The summed E-state index contributed by atoms with van der Waals surface area (Å²) in [4.78, 5) is 32.3. The van der Waals surface area contributed by atoms with Crippen LogP contribution < -0.4 is 5.56 Å². The van der Waals surface area contributed by atoms with E-state index >= 15 is 0 Å². The Morgan fingerprint density at radius 1 is 1.17 bits per heavy atom. The Kier molecular flexibility index (Phi) is 3.13. The molecule has 0 fully saturated rings. The van der Waals surface area contributed by atoms with Gasteiger partial charge in [0, 0.05) is 6.20 Å². The summed E-state index contributed by atoms with van der Waals surface area (Å²) in [6.45, 7) is 0.526. The highest BCUT2D eigenvalue weighted by molar-refractivity contribution is 5.89. The fourth-order valence-corrected chi connectivity index (χ4v) is 2.64. The topological polar surface area (TPSA) is 89.5 Å². The molecule has 1 N–H and O–H groups in total. The molecule has 0 spiro atoms. The molecule has 7 heteroatoms. The lowest BCUT2D eigenvalue weighted by molar-refractivity contribution is 0.0697. The normalized spacial score (nSPS) is 11.2. The molecule has 3 aromatic heterocycles. The standard InChI is InChI=1S/C17H12N4O3/c22-16-14-15(19-13-8-12(17(23)24)6-7-21(13)16)20(10-18-14)9-11-4-2-1-3-5-11/h1-8,10H,9H2,(H,23,24). The van der Waals surface area contributed by atoms with Crippen molar-refractivity contribution in [3.8, 4) is 0 Å². The van der Waals surface area contributed by atoms with Crippen LogP contribution in [0.15, 0.2) is 59.8 Å². The number of aromatic nitrogens is 4. The van der Waals surface area contributed by atoms with Crippen LogP contribution in [0.3, 0.4) is 0 Å². The van der Waals surface area contributed by atoms with Gasteiger partial charge in [0.25, 0.3) is 5.56 Å². The lowest BCUT2D eigenvalue weighted by atomic mass is 10.2. The minimum Gasteiger partial charge on any atom is -0.478 e. The van der Waals surface area contributed by atoms with E-state index in [1.807, 2.05) is 30.3 Å². The predicted octanol–water partition coefficient (Wildman–Crippen LogP) is 1.79. The number of imidazole rings is 1. The maximum absolute atomic E-state index is 12.5. The third-order valence-electron chi connectivity index (χ3n) is 3.83. The largest absolute Gasteiger partial charge is 0.478 e. The van der Waals surface area contributed by atoms with Gasteiger partial charge in [-0.05, 0) is 17.7 Å². The fourth-order valence-electron chi connectivity index (χ4n) is 2.64. The van der Waals surface area contributed by atoms with Gasteiger partial charge in [0.2, 0.25) is 0 Å². The first-order chi connectivity index (χ1) is 11.6. The van der Waals surface area contributed by atoms with Crippen LogP contribution in [0, 0.1) is 0 Å². The molecule has 0 atom stereocenters. The molecule has 3 heterocycles. The third-order valence-corrected chi connectivity index (χ3v) is 3.83. The molecule has 118 valence electrons. The van der Waals surface area contributed by atoms with Crippen molar-refractivity contribution in [1.29, 1.82) is 0 Å². The number of carboxylic acid groups (broad SMARTS) is 1. The zero-order chi connectivity index (χ0) is 16.7. The summed E-state index contributed by atoms with van der Waals surface area (Å²) in [5.41, 5.74) is 1.78. The third kappa shape index (κ3) is 2.23. The maximum atomic E-state index is 12.5. The Morgan fingerprint density at radius 2 is 1.96 bits per heavy atom. The SMILES string of the molecule is O=C(O)c1ccn2c(=O)c3ncn(Cc4ccccc4)c3nc2c1. The average molecular weight is 320 g/mol. The molecule has 0 amide bonds. The Balaban J connectivity index is 1.93. The molecular formula is C17H12N4O3. The second kappa shape index (κ2) is 5.31. The molecule has 4 aromatic rings. The van der Waals surface area contributed by atoms with Crippen molar-refractivity contribution in [2.45, 2.75) is 6.54 Å². The number of carboxylic acids is 1. The van der Waals surface area contributed by atoms with Crippen molar-refractivity contribution in [3.05, 3.63) is 76.5 Å². The number of aromatic carboxylic acids is 1. The molecule has 7 nitrogen and oxygen atoms in total. The number of rotatable bonds is 3. The summed E-state index contributed by atoms with van der Waals surface area (Å²) in [6.07, 6.45) is 2.98. The van der Waals surface area contributed by atoms with Crippen molar-refractivity contribution in [2.24, 2.45) is 0 Å². The molecule has 0 aliphatic rings. The summed E-state index contributed by atoms with van der Waals surface area (Å²) in [5.74, 6) is -1.07. The van der Waals surface area contributed by atoms with E-state index in [1.165, 1.54) is 22.7 Å². The Labute approximate surface area is 135 Å². The molecular weight excluding hydrogens is 308 g/mol. The predicted molar refractivity (Wildman–Crippen MR) is 87.3 cm³/mol. The second-order valence-corrected chi connectivity index (χ2v) is 5.40. The van der Waals surface area contributed by atoms with E-state index in [9.17, 15) is 9.59 Å². The van der Waals surface area contributed by atoms with Crippen molar-refractivity contribution >= 4 is 22.8 Å². The first kappa shape index (κ1) is 14.1. The molecule has 24 heavy (non-hydrogen) atoms. The van der Waals surface area contributed by atoms with E-state index in [0.717, 1.165) is 5.56 Å². The minimum absolute atomic E-state index is 0.0791. The number of pyridine rings is 1. The van der Waals surface area contributed by atoms with Crippen LogP contribution in [-0.4, -0.2) is 30.0 Å². The van der Waals surface area contributed by atoms with Gasteiger partial charge in [0.1, 0.15) is 5.65 Å². The summed E-state index contributed by atoms with van der Waals surface area (Å²) < 4.78 is 3.08. The number of hydrogen-bond acceptors (Lipinski definition) is 4. The van der Waals surface area contributed by atoms with Crippen LogP contribution in [-0.2, 0) is 6.54 Å². The van der Waals surface area contributed by atoms with E-state index in [-0.39, 0.29) is 22.3 Å². The van der Waals surface area contributed by atoms with Crippen molar-refractivity contribution in [1.82, 2.24) is 18.9 Å². The van der Waals surface area contributed by atoms with Crippen molar-refractivity contribution < 1.29 is 9.90 Å². The van der Waals surface area contributed by atoms with Crippen LogP contribution in [0.4, 0.5) is 0 Å². The van der Waals surface area contributed by atoms with Crippen LogP contribution in [0.1, 0.15) is 15.9 Å². The summed E-state index contributed by atoms with van der Waals surface area (Å²) in [6, 6.07) is 12.5. The van der Waals surface area contributed by atoms with Gasteiger partial charge in [-0.2, -0.15) is 0 Å². The summed E-state index contributed by atoms with van der Waals surface area (Å²) >= 11 is 0. The van der Waals surface area contributed by atoms with Gasteiger partial charge in [-0.3, -0.25) is 9.20 Å². The molecule has 4 rings (SSSR count). The van der Waals surface area contributed by atoms with E-state index in [4.69, 9.17) is 5.11 Å². The lowest BCUT2D eigenvalue weighted by Crippen LogP contribution is -2.16. The molecule has 0 saturated carbocycles. The summed E-state index contributed by atoms with van der Waals surface area (Å²) in [5, 5.41) is 9.10. The van der Waals surface area contributed by atoms with Crippen molar-refractivity contribution in [3.63, 3.8) is 0 Å². The quantitative estimate of drug-likeness (QED) is 0.621. The molecule has 1 aromatic carbocycles. The van der Waals surface area contributed by atoms with Gasteiger partial charge in [-0.15, -0.1) is 0 Å². The molecule has 0 saturated heterocycles. The van der Waals surface area contributed by atoms with Gasteiger partial charge < -0.3 is 9.67 Å². The van der Waals surface area contributed by atoms with Gasteiger partial charge in [0.05, 0.1) is 18.4 Å². The first-order valence-corrected chi connectivity index (χ1v) is 7.28. The minimum atomic E-state index is -1.07. The Hall–Kier alpha value is -3.48. The number of hydrogen-bond donors (Lipinski definition) is 1. The highest BCUT2D eigenvalue weighted by Gasteiger charge is 2.13. The molecule has 0 unspecified atom stereocenters. The monoisotopic (exact) mass is 320 g/mol. The van der Waals surface area contributed by atoms with Gasteiger partial charge in [-0.1, -0.05) is 30.3 Å². The molecule has 0 radical (unpaired) electrons.